The number of benzene rings is 1. The number of carbonyl (C=O) groups is 1. The van der Waals surface area contributed by atoms with Crippen LogP contribution in [0.25, 0.3) is 11.0 Å². The van der Waals surface area contributed by atoms with Gasteiger partial charge in [-0.25, -0.2) is 9.97 Å². The number of hydrogen-bond acceptors (Lipinski definition) is 5. The first kappa shape index (κ1) is 20.1. The largest absolute Gasteiger partial charge is 0.449 e. The van der Waals surface area contributed by atoms with Crippen LogP contribution in [0.3, 0.4) is 0 Å². The Morgan fingerprint density at radius 2 is 2.13 bits per heavy atom. The number of halogens is 3. The lowest BCUT2D eigenvalue weighted by molar-refractivity contribution is -0.144. The Hall–Kier alpha value is -3.14. The number of H-pyrrole nitrogens is 1. The summed E-state index contributed by atoms with van der Waals surface area (Å²) in [5.41, 5.74) is -0.711. The van der Waals surface area contributed by atoms with Crippen molar-refractivity contribution in [2.45, 2.75) is 24.6 Å². The average molecular weight is 419 g/mol. The number of piperidine rings is 1. The molecular formula is C20H20F3N5O2. The summed E-state index contributed by atoms with van der Waals surface area (Å²) in [6.45, 7) is 1.09. The van der Waals surface area contributed by atoms with E-state index in [0.29, 0.717) is 13.0 Å². The summed E-state index contributed by atoms with van der Waals surface area (Å²) in [5.74, 6) is -0.836. The third-order valence-corrected chi connectivity index (χ3v) is 5.12. The van der Waals surface area contributed by atoms with Crippen molar-refractivity contribution in [2.24, 2.45) is 0 Å². The third kappa shape index (κ3) is 4.23. The van der Waals surface area contributed by atoms with E-state index in [0.717, 1.165) is 18.8 Å². The maximum Gasteiger partial charge on any atom is 0.449 e. The molecule has 158 valence electrons. The Labute approximate surface area is 169 Å². The van der Waals surface area contributed by atoms with E-state index in [4.69, 9.17) is 0 Å². The Balaban J connectivity index is 1.43. The number of β-amino-alcohol motifs (C(OH)–C–C–N with tert-alkyl or cyclic N) is 1. The molecule has 1 unspecified atom stereocenters. The molecule has 0 aliphatic carbocycles. The molecule has 0 radical (unpaired) electrons. The fraction of sp³-hybridized carbons (Fsp3) is 0.350. The minimum absolute atomic E-state index is 0.0178. The molecule has 1 aliphatic rings. The second kappa shape index (κ2) is 7.60. The van der Waals surface area contributed by atoms with Gasteiger partial charge in [0, 0.05) is 31.4 Å². The fourth-order valence-corrected chi connectivity index (χ4v) is 3.62. The van der Waals surface area contributed by atoms with Crippen molar-refractivity contribution in [2.75, 3.05) is 24.5 Å². The number of alkyl halides is 3. The van der Waals surface area contributed by atoms with Crippen molar-refractivity contribution in [3.8, 4) is 0 Å². The number of aromatic nitrogens is 3. The van der Waals surface area contributed by atoms with Crippen LogP contribution in [0.1, 0.15) is 29.0 Å². The van der Waals surface area contributed by atoms with Crippen LogP contribution in [-0.4, -0.2) is 51.2 Å². The molecule has 1 amide bonds. The van der Waals surface area contributed by atoms with Gasteiger partial charge in [-0.15, -0.1) is 0 Å². The molecule has 1 atom stereocenters. The highest BCUT2D eigenvalue weighted by Crippen LogP contribution is 2.29. The average Bonchev–Trinajstić information content (AvgIpc) is 3.17. The molecule has 1 fully saturated rings. The van der Waals surface area contributed by atoms with Crippen LogP contribution in [-0.2, 0) is 6.18 Å². The summed E-state index contributed by atoms with van der Waals surface area (Å²) >= 11 is 0. The minimum Gasteiger partial charge on any atom is -0.386 e. The van der Waals surface area contributed by atoms with E-state index in [1.54, 1.807) is 6.20 Å². The van der Waals surface area contributed by atoms with Gasteiger partial charge in [0.15, 0.2) is 0 Å². The molecule has 3 heterocycles. The van der Waals surface area contributed by atoms with E-state index >= 15 is 0 Å². The smallest absolute Gasteiger partial charge is 0.386 e. The van der Waals surface area contributed by atoms with E-state index < -0.39 is 23.5 Å². The number of aliphatic hydroxyl groups is 1. The van der Waals surface area contributed by atoms with Crippen LogP contribution in [0.15, 0.2) is 42.6 Å². The van der Waals surface area contributed by atoms with Crippen molar-refractivity contribution >= 4 is 22.8 Å². The van der Waals surface area contributed by atoms with Gasteiger partial charge in [-0.1, -0.05) is 6.07 Å². The predicted molar refractivity (Wildman–Crippen MR) is 104 cm³/mol. The van der Waals surface area contributed by atoms with E-state index in [1.165, 1.54) is 18.2 Å². The number of nitrogens with zero attached hydrogens (tertiary/aromatic N) is 3. The standard InChI is InChI=1S/C20H20F3N5O2/c21-20(22,23)18-26-14-6-5-13(10-15(14)27-18)17(29)25-11-19(30)7-3-9-28(12-19)16-4-1-2-8-24-16/h1-2,4-6,8,10,30H,3,7,9,11-12H2,(H,25,29)(H,26,27). The van der Waals surface area contributed by atoms with Crippen LogP contribution in [0.4, 0.5) is 19.0 Å². The number of amides is 1. The number of hydrogen-bond donors (Lipinski definition) is 3. The molecule has 10 heteroatoms. The zero-order valence-corrected chi connectivity index (χ0v) is 15.9. The first-order valence-electron chi connectivity index (χ1n) is 9.47. The van der Waals surface area contributed by atoms with Gasteiger partial charge in [0.05, 0.1) is 16.6 Å². The monoisotopic (exact) mass is 419 g/mol. The van der Waals surface area contributed by atoms with Crippen LogP contribution in [0, 0.1) is 0 Å². The maximum absolute atomic E-state index is 12.8. The van der Waals surface area contributed by atoms with E-state index in [1.807, 2.05) is 23.1 Å². The van der Waals surface area contributed by atoms with Crippen LogP contribution < -0.4 is 10.2 Å². The molecule has 1 aliphatic heterocycles. The number of carbonyl (C=O) groups excluding carboxylic acids is 1. The quantitative estimate of drug-likeness (QED) is 0.605. The number of fused-ring (bicyclic) bond motifs is 1. The van der Waals surface area contributed by atoms with Gasteiger partial charge < -0.3 is 20.3 Å². The Morgan fingerprint density at radius 3 is 2.87 bits per heavy atom. The van der Waals surface area contributed by atoms with Gasteiger partial charge in [-0.3, -0.25) is 4.79 Å². The van der Waals surface area contributed by atoms with Crippen LogP contribution in [0.2, 0.25) is 0 Å². The summed E-state index contributed by atoms with van der Waals surface area (Å²) in [7, 11) is 0. The molecule has 1 aromatic carbocycles. The second-order valence-corrected chi connectivity index (χ2v) is 7.44. The summed E-state index contributed by atoms with van der Waals surface area (Å²) in [6, 6.07) is 9.62. The van der Waals surface area contributed by atoms with Crippen LogP contribution in [0.5, 0.6) is 0 Å². The van der Waals surface area contributed by atoms with Crippen molar-refractivity contribution < 1.29 is 23.1 Å². The lowest BCUT2D eigenvalue weighted by Gasteiger charge is -2.39. The highest BCUT2D eigenvalue weighted by Gasteiger charge is 2.35. The summed E-state index contributed by atoms with van der Waals surface area (Å²) < 4.78 is 38.4. The second-order valence-electron chi connectivity index (χ2n) is 7.44. The topological polar surface area (TPSA) is 94.1 Å². The SMILES string of the molecule is O=C(NCC1(O)CCCN(c2ccccn2)C1)c1ccc2nc(C(F)(F)F)[nH]c2c1. The number of aromatic amines is 1. The van der Waals surface area contributed by atoms with E-state index in [2.05, 4.69) is 20.3 Å². The highest BCUT2D eigenvalue weighted by molar-refractivity contribution is 5.97. The fourth-order valence-electron chi connectivity index (χ4n) is 3.62. The van der Waals surface area contributed by atoms with Gasteiger partial charge >= 0.3 is 6.18 Å². The molecule has 4 rings (SSSR count). The Morgan fingerprint density at radius 1 is 1.30 bits per heavy atom. The summed E-state index contributed by atoms with van der Waals surface area (Å²) in [6.07, 6.45) is -1.65. The zero-order valence-electron chi connectivity index (χ0n) is 15.9. The van der Waals surface area contributed by atoms with Crippen molar-refractivity contribution in [3.05, 3.63) is 54.0 Å². The summed E-state index contributed by atoms with van der Waals surface area (Å²) in [5, 5.41) is 13.6. The Bertz CT molecular complexity index is 1050. The lowest BCUT2D eigenvalue weighted by atomic mass is 9.92. The number of rotatable bonds is 4. The number of anilines is 1. The van der Waals surface area contributed by atoms with Crippen molar-refractivity contribution in [1.29, 1.82) is 0 Å². The lowest BCUT2D eigenvalue weighted by Crippen LogP contribution is -2.54. The number of pyridine rings is 1. The normalized spacial score (nSPS) is 19.8. The molecule has 3 aromatic rings. The molecule has 0 bridgehead atoms. The van der Waals surface area contributed by atoms with Gasteiger partial charge in [-0.2, -0.15) is 13.2 Å². The third-order valence-electron chi connectivity index (χ3n) is 5.12. The molecule has 1 saturated heterocycles. The van der Waals surface area contributed by atoms with Crippen LogP contribution >= 0.6 is 0 Å². The van der Waals surface area contributed by atoms with Gasteiger partial charge in [0.1, 0.15) is 5.82 Å². The van der Waals surface area contributed by atoms with Gasteiger partial charge in [-0.05, 0) is 43.2 Å². The zero-order chi connectivity index (χ0) is 21.4. The van der Waals surface area contributed by atoms with Crippen molar-refractivity contribution in [1.82, 2.24) is 20.3 Å². The molecule has 0 saturated carbocycles. The molecule has 30 heavy (non-hydrogen) atoms. The minimum atomic E-state index is -4.59. The number of imidazole rings is 1. The predicted octanol–water partition coefficient (Wildman–Crippen LogP) is 2.74. The molecule has 2 aromatic heterocycles. The van der Waals surface area contributed by atoms with Gasteiger partial charge in [0.2, 0.25) is 5.82 Å². The van der Waals surface area contributed by atoms with E-state index in [9.17, 15) is 23.1 Å². The molecular weight excluding hydrogens is 399 g/mol. The van der Waals surface area contributed by atoms with E-state index in [-0.39, 0.29) is 23.1 Å². The summed E-state index contributed by atoms with van der Waals surface area (Å²) in [4.78, 5) is 24.5. The molecule has 3 N–H and O–H groups in total. The highest BCUT2D eigenvalue weighted by atomic mass is 19.4. The first-order valence-corrected chi connectivity index (χ1v) is 9.47. The molecule has 0 spiro atoms. The Kier molecular flexibility index (Phi) is 5.10. The van der Waals surface area contributed by atoms with Crippen molar-refractivity contribution in [3.63, 3.8) is 0 Å². The van der Waals surface area contributed by atoms with Gasteiger partial charge in [0.25, 0.3) is 5.91 Å². The number of nitrogens with one attached hydrogen (secondary N) is 2. The maximum atomic E-state index is 12.8. The molecule has 7 nitrogen and oxygen atoms in total. The first-order chi connectivity index (χ1) is 14.2.